The van der Waals surface area contributed by atoms with Gasteiger partial charge in [-0.25, -0.2) is 0 Å². The maximum Gasteiger partial charge on any atom is 0.226 e. The highest BCUT2D eigenvalue weighted by Crippen LogP contribution is 2.30. The first-order chi connectivity index (χ1) is 12.5. The van der Waals surface area contributed by atoms with Gasteiger partial charge in [-0.05, 0) is 35.6 Å². The molecule has 2 N–H and O–H groups in total. The van der Waals surface area contributed by atoms with Gasteiger partial charge in [0.05, 0.1) is 12.5 Å². The molecule has 0 fully saturated rings. The van der Waals surface area contributed by atoms with Crippen molar-refractivity contribution in [1.29, 1.82) is 0 Å². The van der Waals surface area contributed by atoms with E-state index < -0.39 is 0 Å². The van der Waals surface area contributed by atoms with Crippen LogP contribution >= 0.6 is 11.6 Å². The third-order valence-corrected chi connectivity index (χ3v) is 4.66. The van der Waals surface area contributed by atoms with E-state index in [0.29, 0.717) is 5.02 Å². The number of nitrogens with one attached hydrogen (secondary N) is 2. The standard InChI is InChI=1S/C21H25ClN2O2/c1-4-15-11-12-18(22)17(5-2)21(15)24-20(26)13-19(23-14(3)25)16-9-7-6-8-10-16/h6-12,19H,4-5,13H2,1-3H3,(H,23,25)(H,24,26)/t19-/m0/s1. The van der Waals surface area contributed by atoms with Crippen LogP contribution in [0.25, 0.3) is 0 Å². The highest BCUT2D eigenvalue weighted by molar-refractivity contribution is 6.32. The van der Waals surface area contributed by atoms with E-state index in [9.17, 15) is 9.59 Å². The van der Waals surface area contributed by atoms with E-state index in [2.05, 4.69) is 10.6 Å². The lowest BCUT2D eigenvalue weighted by atomic mass is 10.0. The predicted octanol–water partition coefficient (Wildman–Crippen LogP) is 4.67. The van der Waals surface area contributed by atoms with Gasteiger partial charge in [0.25, 0.3) is 0 Å². The average Bonchev–Trinajstić information content (AvgIpc) is 2.62. The molecule has 0 radical (unpaired) electrons. The molecule has 5 heteroatoms. The molecule has 0 bridgehead atoms. The largest absolute Gasteiger partial charge is 0.349 e. The van der Waals surface area contributed by atoms with Crippen LogP contribution in [0.5, 0.6) is 0 Å². The minimum atomic E-state index is -0.372. The Kier molecular flexibility index (Phi) is 7.22. The number of hydrogen-bond donors (Lipinski definition) is 2. The molecule has 2 aromatic rings. The van der Waals surface area contributed by atoms with Crippen LogP contribution in [0.2, 0.25) is 5.02 Å². The molecule has 2 amide bonds. The average molecular weight is 373 g/mol. The zero-order valence-electron chi connectivity index (χ0n) is 15.4. The highest BCUT2D eigenvalue weighted by atomic mass is 35.5. The molecule has 2 aromatic carbocycles. The van der Waals surface area contributed by atoms with E-state index in [1.807, 2.05) is 56.3 Å². The molecule has 0 saturated heterocycles. The molecule has 138 valence electrons. The second kappa shape index (κ2) is 9.39. The number of amides is 2. The van der Waals surface area contributed by atoms with Crippen molar-refractivity contribution >= 4 is 29.1 Å². The molecular weight excluding hydrogens is 348 g/mol. The third-order valence-electron chi connectivity index (χ3n) is 4.31. The quantitative estimate of drug-likeness (QED) is 0.741. The van der Waals surface area contributed by atoms with Crippen LogP contribution in [-0.4, -0.2) is 11.8 Å². The summed E-state index contributed by atoms with van der Waals surface area (Å²) in [5.41, 5.74) is 3.68. The van der Waals surface area contributed by atoms with Gasteiger partial charge in [-0.3, -0.25) is 9.59 Å². The summed E-state index contributed by atoms with van der Waals surface area (Å²) in [6.45, 7) is 5.51. The monoisotopic (exact) mass is 372 g/mol. The minimum Gasteiger partial charge on any atom is -0.349 e. The van der Waals surface area contributed by atoms with Crippen molar-refractivity contribution in [2.45, 2.75) is 46.1 Å². The van der Waals surface area contributed by atoms with Crippen molar-refractivity contribution in [1.82, 2.24) is 5.32 Å². The van der Waals surface area contributed by atoms with Gasteiger partial charge in [0, 0.05) is 17.6 Å². The van der Waals surface area contributed by atoms with Gasteiger partial charge in [-0.2, -0.15) is 0 Å². The fourth-order valence-corrected chi connectivity index (χ4v) is 3.32. The Hall–Kier alpha value is -2.33. The second-order valence-electron chi connectivity index (χ2n) is 6.18. The van der Waals surface area contributed by atoms with Crippen molar-refractivity contribution in [3.63, 3.8) is 0 Å². The summed E-state index contributed by atoms with van der Waals surface area (Å²) in [6, 6.07) is 12.9. The third kappa shape index (κ3) is 5.09. The molecule has 0 aliphatic rings. The molecule has 0 aliphatic carbocycles. The van der Waals surface area contributed by atoms with Crippen LogP contribution in [0.15, 0.2) is 42.5 Å². The van der Waals surface area contributed by atoms with Crippen LogP contribution in [0.1, 0.15) is 49.9 Å². The Labute approximate surface area is 159 Å². The fraction of sp³-hybridized carbons (Fsp3) is 0.333. The number of carbonyl (C=O) groups is 2. The lowest BCUT2D eigenvalue weighted by Gasteiger charge is -2.20. The van der Waals surface area contributed by atoms with E-state index in [0.717, 1.165) is 35.2 Å². The van der Waals surface area contributed by atoms with Crippen LogP contribution in [0, 0.1) is 0 Å². The van der Waals surface area contributed by atoms with E-state index >= 15 is 0 Å². The second-order valence-corrected chi connectivity index (χ2v) is 6.59. The minimum absolute atomic E-state index is 0.153. The Morgan fingerprint density at radius 2 is 1.73 bits per heavy atom. The van der Waals surface area contributed by atoms with Crippen LogP contribution in [-0.2, 0) is 22.4 Å². The van der Waals surface area contributed by atoms with Gasteiger partial charge < -0.3 is 10.6 Å². The molecule has 0 heterocycles. The normalized spacial score (nSPS) is 11.7. The molecule has 1 atom stereocenters. The van der Waals surface area contributed by atoms with E-state index in [-0.39, 0.29) is 24.3 Å². The smallest absolute Gasteiger partial charge is 0.226 e. The number of aryl methyl sites for hydroxylation is 1. The summed E-state index contributed by atoms with van der Waals surface area (Å²) in [5, 5.41) is 6.53. The van der Waals surface area contributed by atoms with E-state index in [1.54, 1.807) is 0 Å². The maximum absolute atomic E-state index is 12.7. The van der Waals surface area contributed by atoms with Crippen molar-refractivity contribution in [3.8, 4) is 0 Å². The zero-order valence-corrected chi connectivity index (χ0v) is 16.2. The Morgan fingerprint density at radius 3 is 2.31 bits per heavy atom. The number of hydrogen-bond acceptors (Lipinski definition) is 2. The van der Waals surface area contributed by atoms with Crippen molar-refractivity contribution in [3.05, 3.63) is 64.2 Å². The van der Waals surface area contributed by atoms with Gasteiger partial charge in [0.2, 0.25) is 11.8 Å². The van der Waals surface area contributed by atoms with Gasteiger partial charge in [-0.1, -0.05) is 61.8 Å². The number of anilines is 1. The molecule has 2 rings (SSSR count). The van der Waals surface area contributed by atoms with Crippen LogP contribution in [0.3, 0.4) is 0 Å². The first-order valence-electron chi connectivity index (χ1n) is 8.88. The summed E-state index contributed by atoms with van der Waals surface area (Å²) >= 11 is 6.30. The Morgan fingerprint density at radius 1 is 1.04 bits per heavy atom. The summed E-state index contributed by atoms with van der Waals surface area (Å²) in [6.07, 6.45) is 1.69. The summed E-state index contributed by atoms with van der Waals surface area (Å²) in [7, 11) is 0. The first-order valence-corrected chi connectivity index (χ1v) is 9.26. The molecule has 0 aliphatic heterocycles. The molecule has 0 aromatic heterocycles. The topological polar surface area (TPSA) is 58.2 Å². The van der Waals surface area contributed by atoms with Crippen molar-refractivity contribution < 1.29 is 9.59 Å². The molecule has 26 heavy (non-hydrogen) atoms. The fourth-order valence-electron chi connectivity index (χ4n) is 3.03. The summed E-state index contributed by atoms with van der Waals surface area (Å²) in [4.78, 5) is 24.3. The van der Waals surface area contributed by atoms with Gasteiger partial charge >= 0.3 is 0 Å². The number of benzene rings is 2. The van der Waals surface area contributed by atoms with E-state index in [4.69, 9.17) is 11.6 Å². The van der Waals surface area contributed by atoms with E-state index in [1.165, 1.54) is 6.92 Å². The Balaban J connectivity index is 2.23. The van der Waals surface area contributed by atoms with Crippen molar-refractivity contribution in [2.24, 2.45) is 0 Å². The first kappa shape index (κ1) is 20.0. The molecule has 0 saturated carbocycles. The van der Waals surface area contributed by atoms with Gasteiger partial charge in [0.15, 0.2) is 0 Å². The lowest BCUT2D eigenvalue weighted by molar-refractivity contribution is -0.120. The molecular formula is C21H25ClN2O2. The number of carbonyl (C=O) groups excluding carboxylic acids is 2. The predicted molar refractivity (Wildman–Crippen MR) is 106 cm³/mol. The van der Waals surface area contributed by atoms with Gasteiger partial charge in [-0.15, -0.1) is 0 Å². The zero-order chi connectivity index (χ0) is 19.1. The number of rotatable bonds is 7. The van der Waals surface area contributed by atoms with Crippen molar-refractivity contribution in [2.75, 3.05) is 5.32 Å². The summed E-state index contributed by atoms with van der Waals surface area (Å²) in [5.74, 6) is -0.322. The van der Waals surface area contributed by atoms with Crippen LogP contribution in [0.4, 0.5) is 5.69 Å². The van der Waals surface area contributed by atoms with Crippen LogP contribution < -0.4 is 10.6 Å². The number of halogens is 1. The van der Waals surface area contributed by atoms with Gasteiger partial charge in [0.1, 0.15) is 0 Å². The lowest BCUT2D eigenvalue weighted by Crippen LogP contribution is -2.30. The SMILES string of the molecule is CCc1ccc(Cl)c(CC)c1NC(=O)C[C@H](NC(C)=O)c1ccccc1. The molecule has 4 nitrogen and oxygen atoms in total. The highest BCUT2D eigenvalue weighted by Gasteiger charge is 2.19. The molecule has 0 unspecified atom stereocenters. The summed E-state index contributed by atoms with van der Waals surface area (Å²) < 4.78 is 0. The maximum atomic E-state index is 12.7. The Bertz CT molecular complexity index is 775. The molecule has 0 spiro atoms.